The summed E-state index contributed by atoms with van der Waals surface area (Å²) < 4.78 is 0. The van der Waals surface area contributed by atoms with Crippen molar-refractivity contribution in [2.24, 2.45) is 5.92 Å². The van der Waals surface area contributed by atoms with Gasteiger partial charge in [-0.3, -0.25) is 4.79 Å². The van der Waals surface area contributed by atoms with E-state index in [1.165, 1.54) is 25.9 Å². The summed E-state index contributed by atoms with van der Waals surface area (Å²) in [7, 11) is 3.66. The van der Waals surface area contributed by atoms with Gasteiger partial charge in [-0.15, -0.1) is 0 Å². The van der Waals surface area contributed by atoms with Gasteiger partial charge in [0.05, 0.1) is 0 Å². The zero-order valence-electron chi connectivity index (χ0n) is 12.2. The van der Waals surface area contributed by atoms with Gasteiger partial charge in [-0.25, -0.2) is 0 Å². The fourth-order valence-electron chi connectivity index (χ4n) is 2.55. The molecule has 0 aliphatic carbocycles. The Bertz CT molecular complexity index is 243. The zero-order valence-corrected chi connectivity index (χ0v) is 12.2. The van der Waals surface area contributed by atoms with E-state index in [0.717, 1.165) is 32.0 Å². The average Bonchev–Trinajstić information content (AvgIpc) is 2.36. The first-order valence-corrected chi connectivity index (χ1v) is 7.26. The average molecular weight is 255 g/mol. The van der Waals surface area contributed by atoms with Crippen LogP contribution in [-0.4, -0.2) is 62.5 Å². The fraction of sp³-hybridized carbons (Fsp3) is 0.929. The van der Waals surface area contributed by atoms with Gasteiger partial charge in [-0.2, -0.15) is 0 Å². The SMILES string of the molecule is CCNCC1CCCN(CCCC(=O)N(C)C)C1. The molecule has 0 aromatic rings. The van der Waals surface area contributed by atoms with E-state index in [2.05, 4.69) is 17.1 Å². The Labute approximate surface area is 112 Å². The number of hydrogen-bond acceptors (Lipinski definition) is 3. The molecule has 0 radical (unpaired) electrons. The summed E-state index contributed by atoms with van der Waals surface area (Å²) in [6.07, 6.45) is 4.32. The van der Waals surface area contributed by atoms with Crippen molar-refractivity contribution >= 4 is 5.91 Å². The molecule has 1 heterocycles. The van der Waals surface area contributed by atoms with Gasteiger partial charge in [0, 0.05) is 27.1 Å². The summed E-state index contributed by atoms with van der Waals surface area (Å²) in [5, 5.41) is 3.44. The van der Waals surface area contributed by atoms with Crippen LogP contribution in [0.25, 0.3) is 0 Å². The van der Waals surface area contributed by atoms with Crippen molar-refractivity contribution in [2.45, 2.75) is 32.6 Å². The Morgan fingerprint density at radius 2 is 2.22 bits per heavy atom. The number of nitrogens with zero attached hydrogens (tertiary/aromatic N) is 2. The number of carbonyl (C=O) groups is 1. The second-order valence-electron chi connectivity index (χ2n) is 5.51. The van der Waals surface area contributed by atoms with Crippen LogP contribution in [0.4, 0.5) is 0 Å². The number of amides is 1. The van der Waals surface area contributed by atoms with Crippen LogP contribution in [0.1, 0.15) is 32.6 Å². The van der Waals surface area contributed by atoms with Crippen molar-refractivity contribution in [2.75, 3.05) is 46.8 Å². The molecule has 1 N–H and O–H groups in total. The van der Waals surface area contributed by atoms with Gasteiger partial charge in [0.25, 0.3) is 0 Å². The van der Waals surface area contributed by atoms with Gasteiger partial charge in [0.1, 0.15) is 0 Å². The minimum atomic E-state index is 0.246. The van der Waals surface area contributed by atoms with E-state index in [9.17, 15) is 4.79 Å². The molecule has 1 aliphatic rings. The molecule has 0 bridgehead atoms. The molecule has 1 saturated heterocycles. The number of carbonyl (C=O) groups excluding carboxylic acids is 1. The van der Waals surface area contributed by atoms with Gasteiger partial charge in [0.15, 0.2) is 0 Å². The maximum atomic E-state index is 11.5. The molecular weight excluding hydrogens is 226 g/mol. The van der Waals surface area contributed by atoms with Crippen molar-refractivity contribution in [1.29, 1.82) is 0 Å². The summed E-state index contributed by atoms with van der Waals surface area (Å²) in [6.45, 7) is 7.84. The maximum Gasteiger partial charge on any atom is 0.222 e. The summed E-state index contributed by atoms with van der Waals surface area (Å²) >= 11 is 0. The summed E-state index contributed by atoms with van der Waals surface area (Å²) in [4.78, 5) is 15.7. The molecule has 0 saturated carbocycles. The Hall–Kier alpha value is -0.610. The lowest BCUT2D eigenvalue weighted by Gasteiger charge is -2.32. The summed E-state index contributed by atoms with van der Waals surface area (Å²) in [6, 6.07) is 0. The predicted molar refractivity (Wildman–Crippen MR) is 75.6 cm³/mol. The molecule has 1 fully saturated rings. The Kier molecular flexibility index (Phi) is 7.28. The van der Waals surface area contributed by atoms with Crippen LogP contribution in [0.2, 0.25) is 0 Å². The van der Waals surface area contributed by atoms with Crippen LogP contribution < -0.4 is 5.32 Å². The van der Waals surface area contributed by atoms with Gasteiger partial charge >= 0.3 is 0 Å². The van der Waals surface area contributed by atoms with Crippen molar-refractivity contribution in [3.8, 4) is 0 Å². The monoisotopic (exact) mass is 255 g/mol. The molecule has 1 unspecified atom stereocenters. The largest absolute Gasteiger partial charge is 0.349 e. The highest BCUT2D eigenvalue weighted by molar-refractivity contribution is 5.75. The van der Waals surface area contributed by atoms with E-state index >= 15 is 0 Å². The molecule has 106 valence electrons. The smallest absolute Gasteiger partial charge is 0.222 e. The third-order valence-electron chi connectivity index (χ3n) is 3.65. The Morgan fingerprint density at radius 3 is 2.89 bits per heavy atom. The zero-order chi connectivity index (χ0) is 13.4. The van der Waals surface area contributed by atoms with Crippen LogP contribution in [0.15, 0.2) is 0 Å². The summed E-state index contributed by atoms with van der Waals surface area (Å²) in [5.74, 6) is 1.04. The minimum Gasteiger partial charge on any atom is -0.349 e. The van der Waals surface area contributed by atoms with Crippen LogP contribution in [-0.2, 0) is 4.79 Å². The van der Waals surface area contributed by atoms with E-state index in [0.29, 0.717) is 6.42 Å². The van der Waals surface area contributed by atoms with Crippen molar-refractivity contribution in [3.05, 3.63) is 0 Å². The van der Waals surface area contributed by atoms with Crippen LogP contribution in [0, 0.1) is 5.92 Å². The van der Waals surface area contributed by atoms with Crippen LogP contribution in [0.5, 0.6) is 0 Å². The van der Waals surface area contributed by atoms with Crippen LogP contribution >= 0.6 is 0 Å². The maximum absolute atomic E-state index is 11.5. The number of nitrogens with one attached hydrogen (secondary N) is 1. The third kappa shape index (κ3) is 5.83. The van der Waals surface area contributed by atoms with Crippen molar-refractivity contribution in [1.82, 2.24) is 15.1 Å². The molecule has 1 amide bonds. The highest BCUT2D eigenvalue weighted by atomic mass is 16.2. The van der Waals surface area contributed by atoms with Gasteiger partial charge in [-0.05, 0) is 51.4 Å². The lowest BCUT2D eigenvalue weighted by Crippen LogP contribution is -2.40. The predicted octanol–water partition coefficient (Wildman–Crippen LogP) is 1.18. The van der Waals surface area contributed by atoms with E-state index in [1.807, 2.05) is 14.1 Å². The number of hydrogen-bond donors (Lipinski definition) is 1. The van der Waals surface area contributed by atoms with Crippen molar-refractivity contribution < 1.29 is 4.79 Å². The van der Waals surface area contributed by atoms with E-state index in [-0.39, 0.29) is 5.91 Å². The van der Waals surface area contributed by atoms with Crippen LogP contribution in [0.3, 0.4) is 0 Å². The highest BCUT2D eigenvalue weighted by Crippen LogP contribution is 2.16. The molecule has 0 aromatic heterocycles. The quantitative estimate of drug-likeness (QED) is 0.742. The second kappa shape index (κ2) is 8.48. The molecule has 1 atom stereocenters. The Morgan fingerprint density at radius 1 is 1.44 bits per heavy atom. The van der Waals surface area contributed by atoms with Gasteiger partial charge < -0.3 is 15.1 Å². The molecule has 1 aliphatic heterocycles. The van der Waals surface area contributed by atoms with E-state index in [1.54, 1.807) is 4.90 Å². The normalized spacial score (nSPS) is 20.9. The summed E-state index contributed by atoms with van der Waals surface area (Å²) in [5.41, 5.74) is 0. The van der Waals surface area contributed by atoms with Gasteiger partial charge in [-0.1, -0.05) is 6.92 Å². The fourth-order valence-corrected chi connectivity index (χ4v) is 2.55. The Balaban J connectivity index is 2.16. The number of piperidine rings is 1. The third-order valence-corrected chi connectivity index (χ3v) is 3.65. The molecule has 1 rings (SSSR count). The highest BCUT2D eigenvalue weighted by Gasteiger charge is 2.19. The van der Waals surface area contributed by atoms with E-state index in [4.69, 9.17) is 0 Å². The minimum absolute atomic E-state index is 0.246. The van der Waals surface area contributed by atoms with Crippen molar-refractivity contribution in [3.63, 3.8) is 0 Å². The molecule has 4 heteroatoms. The topological polar surface area (TPSA) is 35.6 Å². The molecule has 18 heavy (non-hydrogen) atoms. The standard InChI is InChI=1S/C14H29N3O/c1-4-15-11-13-7-5-9-17(12-13)10-6-8-14(18)16(2)3/h13,15H,4-12H2,1-3H3. The number of likely N-dealkylation sites (tertiary alicyclic amines) is 1. The first-order chi connectivity index (χ1) is 8.63. The molecule has 4 nitrogen and oxygen atoms in total. The molecular formula is C14H29N3O. The van der Waals surface area contributed by atoms with E-state index < -0.39 is 0 Å². The number of rotatable bonds is 7. The lowest BCUT2D eigenvalue weighted by atomic mass is 9.98. The first-order valence-electron chi connectivity index (χ1n) is 7.26. The molecule has 0 aromatic carbocycles. The first kappa shape index (κ1) is 15.4. The lowest BCUT2D eigenvalue weighted by molar-refractivity contribution is -0.128. The van der Waals surface area contributed by atoms with Gasteiger partial charge in [0.2, 0.25) is 5.91 Å². The molecule has 0 spiro atoms. The second-order valence-corrected chi connectivity index (χ2v) is 5.51.